The molecule has 1 atom stereocenters. The van der Waals surface area contributed by atoms with Gasteiger partial charge in [0.15, 0.2) is 0 Å². The van der Waals surface area contributed by atoms with Crippen LogP contribution >= 0.6 is 0 Å². The van der Waals surface area contributed by atoms with Gasteiger partial charge in [-0.25, -0.2) is 0 Å². The number of carbonyl (C=O) groups excluding carboxylic acids is 2. The smallest absolute Gasteiger partial charge is 0.253 e. The fraction of sp³-hybridized carbons (Fsp3) is 0.636. The predicted molar refractivity (Wildman–Crippen MR) is 59.0 cm³/mol. The Morgan fingerprint density at radius 2 is 1.88 bits per heavy atom. The van der Waals surface area contributed by atoms with E-state index in [2.05, 4.69) is 0 Å². The Morgan fingerprint density at radius 3 is 2.47 bits per heavy atom. The molecule has 0 bridgehead atoms. The number of ether oxygens (including phenoxy) is 1. The molecule has 1 unspecified atom stereocenters. The molecule has 1 rings (SSSR count). The molecule has 6 nitrogen and oxygen atoms in total. The molecule has 2 N–H and O–H groups in total. The first kappa shape index (κ1) is 13.8. The molecule has 1 aliphatic heterocycles. The molecule has 1 heterocycles. The maximum absolute atomic E-state index is 11.2. The van der Waals surface area contributed by atoms with E-state index < -0.39 is 6.10 Å². The molecule has 0 fully saturated rings. The van der Waals surface area contributed by atoms with Gasteiger partial charge in [0.05, 0.1) is 13.2 Å². The zero-order valence-corrected chi connectivity index (χ0v) is 9.54. The summed E-state index contributed by atoms with van der Waals surface area (Å²) in [6.07, 6.45) is 3.03. The number of unbranched alkanes of at least 4 members (excludes halogenated alkanes) is 1. The quantitative estimate of drug-likeness (QED) is 0.424. The Morgan fingerprint density at radius 1 is 1.24 bits per heavy atom. The monoisotopic (exact) mass is 243 g/mol. The van der Waals surface area contributed by atoms with Crippen LogP contribution in [0.4, 0.5) is 0 Å². The molecule has 0 saturated carbocycles. The van der Waals surface area contributed by atoms with Gasteiger partial charge < -0.3 is 14.9 Å². The summed E-state index contributed by atoms with van der Waals surface area (Å²) in [7, 11) is 0. The summed E-state index contributed by atoms with van der Waals surface area (Å²) in [5, 5.41) is 17.5. The Labute approximate surface area is 99.5 Å². The standard InChI is InChI=1S/C11H17NO5/c13-7-9(14)8-17-6-2-1-5-12-10(15)3-4-11(12)16/h3-4,9,13-14H,1-2,5-8H2. The van der Waals surface area contributed by atoms with Gasteiger partial charge in [0, 0.05) is 25.3 Å². The minimum atomic E-state index is -0.846. The van der Waals surface area contributed by atoms with Crippen molar-refractivity contribution in [1.82, 2.24) is 4.90 Å². The highest BCUT2D eigenvalue weighted by Crippen LogP contribution is 2.05. The van der Waals surface area contributed by atoms with Crippen LogP contribution in [0.15, 0.2) is 12.2 Å². The minimum absolute atomic E-state index is 0.0969. The van der Waals surface area contributed by atoms with Gasteiger partial charge in [0.2, 0.25) is 0 Å². The first-order valence-corrected chi connectivity index (χ1v) is 5.55. The summed E-state index contributed by atoms with van der Waals surface area (Å²) in [6, 6.07) is 0. The molecule has 96 valence electrons. The van der Waals surface area contributed by atoms with Crippen molar-refractivity contribution in [2.45, 2.75) is 18.9 Å². The first-order chi connectivity index (χ1) is 8.15. The Balaban J connectivity index is 2.01. The lowest BCUT2D eigenvalue weighted by molar-refractivity contribution is -0.136. The van der Waals surface area contributed by atoms with Crippen molar-refractivity contribution in [1.29, 1.82) is 0 Å². The number of carbonyl (C=O) groups is 2. The van der Waals surface area contributed by atoms with Gasteiger partial charge in [-0.05, 0) is 12.8 Å². The number of imide groups is 1. The second-order valence-corrected chi connectivity index (χ2v) is 3.78. The highest BCUT2D eigenvalue weighted by molar-refractivity contribution is 6.12. The Kier molecular flexibility index (Phi) is 5.82. The summed E-state index contributed by atoms with van der Waals surface area (Å²) in [4.78, 5) is 23.5. The van der Waals surface area contributed by atoms with E-state index in [1.54, 1.807) is 0 Å². The van der Waals surface area contributed by atoms with E-state index in [-0.39, 0.29) is 25.0 Å². The molecule has 0 aromatic heterocycles. The molecule has 2 amide bonds. The van der Waals surface area contributed by atoms with Crippen molar-refractivity contribution < 1.29 is 24.5 Å². The van der Waals surface area contributed by atoms with E-state index in [0.29, 0.717) is 26.0 Å². The van der Waals surface area contributed by atoms with Crippen LogP contribution in [0.1, 0.15) is 12.8 Å². The third-order valence-electron chi connectivity index (χ3n) is 2.34. The van der Waals surface area contributed by atoms with E-state index in [1.807, 2.05) is 0 Å². The summed E-state index contributed by atoms with van der Waals surface area (Å²) in [6.45, 7) is 0.597. The molecule has 1 aliphatic rings. The van der Waals surface area contributed by atoms with E-state index in [4.69, 9.17) is 14.9 Å². The van der Waals surface area contributed by atoms with Gasteiger partial charge in [0.25, 0.3) is 11.8 Å². The maximum atomic E-state index is 11.2. The van der Waals surface area contributed by atoms with Crippen LogP contribution in [-0.4, -0.2) is 59.4 Å². The first-order valence-electron chi connectivity index (χ1n) is 5.55. The SMILES string of the molecule is O=C1C=CC(=O)N1CCCCOCC(O)CO. The number of hydrogen-bond donors (Lipinski definition) is 2. The van der Waals surface area contributed by atoms with Gasteiger partial charge >= 0.3 is 0 Å². The zero-order valence-electron chi connectivity index (χ0n) is 9.54. The summed E-state index contributed by atoms with van der Waals surface area (Å²) >= 11 is 0. The van der Waals surface area contributed by atoms with Crippen molar-refractivity contribution in [3.63, 3.8) is 0 Å². The molecule has 0 saturated heterocycles. The topological polar surface area (TPSA) is 87.1 Å². The van der Waals surface area contributed by atoms with Crippen molar-refractivity contribution in [2.75, 3.05) is 26.4 Å². The van der Waals surface area contributed by atoms with Gasteiger partial charge in [-0.15, -0.1) is 0 Å². The summed E-state index contributed by atoms with van der Waals surface area (Å²) in [5.74, 6) is -0.543. The lowest BCUT2D eigenvalue weighted by Gasteiger charge is -2.13. The second kappa shape index (κ2) is 7.16. The molecule has 0 aliphatic carbocycles. The highest BCUT2D eigenvalue weighted by Gasteiger charge is 2.22. The number of rotatable bonds is 8. The van der Waals surface area contributed by atoms with Crippen LogP contribution in [-0.2, 0) is 14.3 Å². The summed E-state index contributed by atoms with van der Waals surface area (Å²) < 4.78 is 5.09. The third-order valence-corrected chi connectivity index (χ3v) is 2.34. The second-order valence-electron chi connectivity index (χ2n) is 3.78. The van der Waals surface area contributed by atoms with E-state index in [9.17, 15) is 9.59 Å². The lowest BCUT2D eigenvalue weighted by Crippen LogP contribution is -2.31. The fourth-order valence-corrected chi connectivity index (χ4v) is 1.40. The Hall–Kier alpha value is -1.24. The number of amides is 2. The van der Waals surface area contributed by atoms with E-state index >= 15 is 0 Å². The average molecular weight is 243 g/mol. The van der Waals surface area contributed by atoms with Crippen LogP contribution in [0, 0.1) is 0 Å². The molecule has 0 radical (unpaired) electrons. The van der Waals surface area contributed by atoms with Crippen LogP contribution in [0.2, 0.25) is 0 Å². The maximum Gasteiger partial charge on any atom is 0.253 e. The third kappa shape index (κ3) is 4.64. The zero-order chi connectivity index (χ0) is 12.7. The van der Waals surface area contributed by atoms with Crippen molar-refractivity contribution >= 4 is 11.8 Å². The molecule has 0 aromatic carbocycles. The predicted octanol–water partition coefficient (Wildman–Crippen LogP) is -0.939. The van der Waals surface area contributed by atoms with Crippen molar-refractivity contribution in [3.05, 3.63) is 12.2 Å². The highest BCUT2D eigenvalue weighted by atomic mass is 16.5. The average Bonchev–Trinajstić information content (AvgIpc) is 2.64. The fourth-order valence-electron chi connectivity index (χ4n) is 1.40. The van der Waals surface area contributed by atoms with E-state index in [0.717, 1.165) is 0 Å². The van der Waals surface area contributed by atoms with Crippen molar-refractivity contribution in [2.24, 2.45) is 0 Å². The minimum Gasteiger partial charge on any atom is -0.394 e. The van der Waals surface area contributed by atoms with Crippen molar-refractivity contribution in [3.8, 4) is 0 Å². The normalized spacial score (nSPS) is 16.9. The van der Waals surface area contributed by atoms with Gasteiger partial charge in [-0.2, -0.15) is 0 Å². The summed E-state index contributed by atoms with van der Waals surface area (Å²) in [5.41, 5.74) is 0. The molecule has 6 heteroatoms. The van der Waals surface area contributed by atoms with Crippen LogP contribution in [0.5, 0.6) is 0 Å². The van der Waals surface area contributed by atoms with E-state index in [1.165, 1.54) is 17.1 Å². The molecular formula is C11H17NO5. The molecular weight excluding hydrogens is 226 g/mol. The van der Waals surface area contributed by atoms with Crippen LogP contribution in [0.3, 0.4) is 0 Å². The number of nitrogens with zero attached hydrogens (tertiary/aromatic N) is 1. The molecule has 17 heavy (non-hydrogen) atoms. The van der Waals surface area contributed by atoms with Gasteiger partial charge in [0.1, 0.15) is 6.10 Å². The number of hydrogen-bond acceptors (Lipinski definition) is 5. The Bertz CT molecular complexity index is 284. The van der Waals surface area contributed by atoms with Crippen LogP contribution in [0.25, 0.3) is 0 Å². The van der Waals surface area contributed by atoms with Crippen LogP contribution < -0.4 is 0 Å². The lowest BCUT2D eigenvalue weighted by atomic mass is 10.3. The number of aliphatic hydroxyl groups is 2. The number of aliphatic hydroxyl groups excluding tert-OH is 2. The molecule has 0 spiro atoms. The van der Waals surface area contributed by atoms with Gasteiger partial charge in [-0.3, -0.25) is 14.5 Å². The molecule has 0 aromatic rings. The largest absolute Gasteiger partial charge is 0.394 e. The van der Waals surface area contributed by atoms with Gasteiger partial charge in [-0.1, -0.05) is 0 Å².